The fourth-order valence-corrected chi connectivity index (χ4v) is 7.07. The molecular formula is C31H37F3N2O3. The minimum absolute atomic E-state index is 0.0865. The Bertz CT molecular complexity index is 1240. The fourth-order valence-electron chi connectivity index (χ4n) is 7.07. The Hall–Kier alpha value is -2.87. The molecule has 2 heterocycles. The lowest BCUT2D eigenvalue weighted by atomic mass is 9.73. The maximum absolute atomic E-state index is 14.0. The number of carbonyl (C=O) groups is 2. The van der Waals surface area contributed by atoms with E-state index in [0.29, 0.717) is 36.1 Å². The molecule has 1 saturated heterocycles. The number of rotatable bonds is 5. The predicted octanol–water partition coefficient (Wildman–Crippen LogP) is 6.36. The molecule has 0 unspecified atom stereocenters. The van der Waals surface area contributed by atoms with E-state index in [4.69, 9.17) is 0 Å². The molecule has 2 atom stereocenters. The standard InChI is InChI=1S/C31H37F3N2O3/c1-20(2)30(29(39)36-15-11-21-6-7-26(31(32,33)34)17-25(21)19-36)12-8-27(18-30)35-13-9-22(10-14-35)23-4-3-5-24(16-23)28(37)38/h3-7,16-17,20,22,27H,8-15,18-19H2,1-2H3,(H,37,38)/t27-,30-/m0/s1. The van der Waals surface area contributed by atoms with Crippen molar-refractivity contribution in [2.75, 3.05) is 19.6 Å². The topological polar surface area (TPSA) is 60.9 Å². The van der Waals surface area contributed by atoms with E-state index in [2.05, 4.69) is 18.7 Å². The quantitative estimate of drug-likeness (QED) is 0.478. The summed E-state index contributed by atoms with van der Waals surface area (Å²) in [4.78, 5) is 29.7. The van der Waals surface area contributed by atoms with Crippen molar-refractivity contribution in [1.29, 1.82) is 0 Å². The maximum atomic E-state index is 14.0. The monoisotopic (exact) mass is 542 g/mol. The number of alkyl halides is 3. The minimum atomic E-state index is -4.40. The third-order valence-corrected chi connectivity index (χ3v) is 9.54. The molecule has 210 valence electrons. The number of hydrogen-bond acceptors (Lipinski definition) is 3. The van der Waals surface area contributed by atoms with Gasteiger partial charge in [-0.3, -0.25) is 4.79 Å². The van der Waals surface area contributed by atoms with Crippen LogP contribution in [0.3, 0.4) is 0 Å². The van der Waals surface area contributed by atoms with Gasteiger partial charge in [-0.1, -0.05) is 32.0 Å². The summed E-state index contributed by atoms with van der Waals surface area (Å²) in [7, 11) is 0. The number of benzene rings is 2. The molecule has 0 bridgehead atoms. The molecule has 3 aliphatic rings. The Balaban J connectivity index is 1.25. The van der Waals surface area contributed by atoms with Crippen LogP contribution >= 0.6 is 0 Å². The van der Waals surface area contributed by atoms with Crippen LogP contribution in [-0.2, 0) is 23.9 Å². The zero-order valence-corrected chi connectivity index (χ0v) is 22.6. The van der Waals surface area contributed by atoms with Crippen LogP contribution in [0, 0.1) is 11.3 Å². The molecule has 2 fully saturated rings. The van der Waals surface area contributed by atoms with Crippen LogP contribution in [0.2, 0.25) is 0 Å². The number of carboxylic acids is 1. The van der Waals surface area contributed by atoms with Crippen molar-refractivity contribution in [2.24, 2.45) is 11.3 Å². The summed E-state index contributed by atoms with van der Waals surface area (Å²) in [6.07, 6.45) is 0.583. The summed E-state index contributed by atoms with van der Waals surface area (Å²) in [6.45, 7) is 6.79. The van der Waals surface area contributed by atoms with Gasteiger partial charge in [0.2, 0.25) is 5.91 Å². The second-order valence-electron chi connectivity index (χ2n) is 11.9. The van der Waals surface area contributed by atoms with E-state index in [1.807, 2.05) is 12.1 Å². The number of fused-ring (bicyclic) bond motifs is 1. The number of piperidine rings is 1. The fraction of sp³-hybridized carbons (Fsp3) is 0.548. The van der Waals surface area contributed by atoms with Crippen LogP contribution in [0.5, 0.6) is 0 Å². The summed E-state index contributed by atoms with van der Waals surface area (Å²) in [5.41, 5.74) is 1.73. The number of nitrogens with zero attached hydrogens (tertiary/aromatic N) is 2. The molecule has 1 amide bonds. The number of carboxylic acid groups (broad SMARTS) is 1. The molecule has 0 aromatic heterocycles. The molecule has 8 heteroatoms. The molecule has 5 rings (SSSR count). The van der Waals surface area contributed by atoms with Crippen molar-refractivity contribution in [3.05, 3.63) is 70.3 Å². The maximum Gasteiger partial charge on any atom is 0.416 e. The first-order chi connectivity index (χ1) is 18.5. The summed E-state index contributed by atoms with van der Waals surface area (Å²) in [6, 6.07) is 11.5. The van der Waals surface area contributed by atoms with E-state index in [1.165, 1.54) is 6.07 Å². The Kier molecular flexibility index (Phi) is 7.53. The van der Waals surface area contributed by atoms with Gasteiger partial charge in [-0.2, -0.15) is 13.2 Å². The zero-order valence-electron chi connectivity index (χ0n) is 22.6. The molecule has 1 saturated carbocycles. The van der Waals surface area contributed by atoms with E-state index in [0.717, 1.165) is 62.4 Å². The van der Waals surface area contributed by atoms with Crippen molar-refractivity contribution < 1.29 is 27.9 Å². The van der Waals surface area contributed by atoms with Crippen molar-refractivity contribution in [3.63, 3.8) is 0 Å². The summed E-state index contributed by atoms with van der Waals surface area (Å²) in [5, 5.41) is 9.33. The lowest BCUT2D eigenvalue weighted by Gasteiger charge is -2.41. The predicted molar refractivity (Wildman–Crippen MR) is 142 cm³/mol. The van der Waals surface area contributed by atoms with Crippen molar-refractivity contribution in [3.8, 4) is 0 Å². The highest BCUT2D eigenvalue weighted by Gasteiger charge is 2.51. The van der Waals surface area contributed by atoms with Crippen LogP contribution in [0.4, 0.5) is 13.2 Å². The largest absolute Gasteiger partial charge is 0.478 e. The number of amides is 1. The van der Waals surface area contributed by atoms with Gasteiger partial charge in [-0.05, 0) is 104 Å². The number of hydrogen-bond donors (Lipinski definition) is 1. The van der Waals surface area contributed by atoms with Gasteiger partial charge >= 0.3 is 12.1 Å². The van der Waals surface area contributed by atoms with E-state index in [9.17, 15) is 27.9 Å². The second-order valence-corrected chi connectivity index (χ2v) is 11.9. The van der Waals surface area contributed by atoms with Crippen molar-refractivity contribution >= 4 is 11.9 Å². The van der Waals surface area contributed by atoms with Gasteiger partial charge < -0.3 is 14.9 Å². The third kappa shape index (κ3) is 5.45. The Labute approximate surface area is 228 Å². The van der Waals surface area contributed by atoms with E-state index in [1.54, 1.807) is 23.1 Å². The second kappa shape index (κ2) is 10.6. The molecule has 2 aromatic rings. The average molecular weight is 543 g/mol. The van der Waals surface area contributed by atoms with E-state index < -0.39 is 23.1 Å². The average Bonchev–Trinajstić information content (AvgIpc) is 3.39. The van der Waals surface area contributed by atoms with Crippen LogP contribution in [-0.4, -0.2) is 52.5 Å². The molecule has 1 N–H and O–H groups in total. The van der Waals surface area contributed by atoms with E-state index >= 15 is 0 Å². The highest BCUT2D eigenvalue weighted by atomic mass is 19.4. The zero-order chi connectivity index (χ0) is 27.9. The number of carbonyl (C=O) groups excluding carboxylic acids is 1. The lowest BCUT2D eigenvalue weighted by Crippen LogP contribution is -2.48. The van der Waals surface area contributed by atoms with Gasteiger partial charge in [0.05, 0.1) is 16.5 Å². The number of likely N-dealkylation sites (tertiary alicyclic amines) is 1. The van der Waals surface area contributed by atoms with Crippen molar-refractivity contribution in [2.45, 2.75) is 77.1 Å². The molecule has 0 radical (unpaired) electrons. The van der Waals surface area contributed by atoms with Gasteiger partial charge in [0, 0.05) is 19.1 Å². The van der Waals surface area contributed by atoms with Gasteiger partial charge in [0.1, 0.15) is 0 Å². The first-order valence-corrected chi connectivity index (χ1v) is 14.0. The first kappa shape index (κ1) is 27.7. The smallest absolute Gasteiger partial charge is 0.416 e. The van der Waals surface area contributed by atoms with Gasteiger partial charge in [-0.25, -0.2) is 4.79 Å². The minimum Gasteiger partial charge on any atom is -0.478 e. The third-order valence-electron chi connectivity index (χ3n) is 9.54. The van der Waals surface area contributed by atoms with E-state index in [-0.39, 0.29) is 18.4 Å². The number of aromatic carboxylic acids is 1. The summed E-state index contributed by atoms with van der Waals surface area (Å²) in [5.74, 6) is -0.362. The molecule has 2 aliphatic heterocycles. The summed E-state index contributed by atoms with van der Waals surface area (Å²) >= 11 is 0. The van der Waals surface area contributed by atoms with Crippen LogP contribution in [0.25, 0.3) is 0 Å². The Morgan fingerprint density at radius 1 is 1.00 bits per heavy atom. The van der Waals surface area contributed by atoms with Crippen LogP contribution in [0.1, 0.15) is 84.5 Å². The van der Waals surface area contributed by atoms with Gasteiger partial charge in [0.15, 0.2) is 0 Å². The first-order valence-electron chi connectivity index (χ1n) is 14.0. The van der Waals surface area contributed by atoms with Crippen molar-refractivity contribution in [1.82, 2.24) is 9.80 Å². The highest BCUT2D eigenvalue weighted by Crippen LogP contribution is 2.49. The molecule has 39 heavy (non-hydrogen) atoms. The van der Waals surface area contributed by atoms with Gasteiger partial charge in [-0.15, -0.1) is 0 Å². The summed E-state index contributed by atoms with van der Waals surface area (Å²) < 4.78 is 39.9. The molecule has 1 aliphatic carbocycles. The molecule has 0 spiro atoms. The Morgan fingerprint density at radius 3 is 2.41 bits per heavy atom. The number of halogens is 3. The Morgan fingerprint density at radius 2 is 1.74 bits per heavy atom. The molecule has 2 aromatic carbocycles. The molecular weight excluding hydrogens is 505 g/mol. The SMILES string of the molecule is CC(C)[C@]1(C(=O)N2CCc3ccc(C(F)(F)F)cc3C2)CC[C@H](N2CCC(c3cccc(C(=O)O)c3)CC2)C1. The highest BCUT2D eigenvalue weighted by molar-refractivity contribution is 5.87. The van der Waals surface area contributed by atoms with Crippen LogP contribution < -0.4 is 0 Å². The normalized spacial score (nSPS) is 24.7. The van der Waals surface area contributed by atoms with Gasteiger partial charge in [0.25, 0.3) is 0 Å². The van der Waals surface area contributed by atoms with Crippen LogP contribution in [0.15, 0.2) is 42.5 Å². The lowest BCUT2D eigenvalue weighted by molar-refractivity contribution is -0.146. The molecule has 5 nitrogen and oxygen atoms in total.